The molecule has 0 saturated heterocycles. The number of fused-ring (bicyclic) bond motifs is 3. The lowest BCUT2D eigenvalue weighted by atomic mass is 9.96. The number of nitrogens with one attached hydrogen (secondary N) is 1. The number of aryl methyl sites for hydroxylation is 1. The average Bonchev–Trinajstić information content (AvgIpc) is 2.87. The van der Waals surface area contributed by atoms with Crippen LogP contribution in [-0.2, 0) is 0 Å². The van der Waals surface area contributed by atoms with Gasteiger partial charge in [-0.05, 0) is 24.6 Å². The molecule has 3 N–H and O–H groups in total. The topological polar surface area (TPSA) is 41.8 Å². The summed E-state index contributed by atoms with van der Waals surface area (Å²) in [4.78, 5) is 3.56. The molecule has 2 nitrogen and oxygen atoms in total. The Hall–Kier alpha value is -2.74. The predicted molar refractivity (Wildman–Crippen MR) is 90.4 cm³/mol. The minimum atomic E-state index is 0.812. The molecule has 3 aromatic carbocycles. The van der Waals surface area contributed by atoms with Crippen LogP contribution in [0.25, 0.3) is 32.9 Å². The van der Waals surface area contributed by atoms with Crippen LogP contribution < -0.4 is 5.73 Å². The minimum Gasteiger partial charge on any atom is -0.398 e. The maximum absolute atomic E-state index is 6.19. The summed E-state index contributed by atoms with van der Waals surface area (Å²) >= 11 is 0. The summed E-state index contributed by atoms with van der Waals surface area (Å²) in [6, 6.07) is 20.8. The maximum Gasteiger partial charge on any atom is 0.0548 e. The first-order chi connectivity index (χ1) is 10.3. The van der Waals surface area contributed by atoms with Crippen LogP contribution in [0.1, 0.15) is 5.56 Å². The fourth-order valence-corrected chi connectivity index (χ4v) is 3.09. The molecule has 0 fully saturated rings. The van der Waals surface area contributed by atoms with E-state index in [0.29, 0.717) is 0 Å². The van der Waals surface area contributed by atoms with Gasteiger partial charge in [-0.25, -0.2) is 0 Å². The van der Waals surface area contributed by atoms with Crippen molar-refractivity contribution in [2.75, 3.05) is 5.73 Å². The lowest BCUT2D eigenvalue weighted by Gasteiger charge is -2.10. The van der Waals surface area contributed by atoms with Gasteiger partial charge in [0, 0.05) is 33.1 Å². The quantitative estimate of drug-likeness (QED) is 0.476. The maximum atomic E-state index is 6.19. The van der Waals surface area contributed by atoms with Crippen molar-refractivity contribution in [2.45, 2.75) is 6.92 Å². The first-order valence-electron chi connectivity index (χ1n) is 7.10. The van der Waals surface area contributed by atoms with Crippen LogP contribution in [0.15, 0.2) is 60.7 Å². The number of benzene rings is 3. The molecule has 0 aliphatic heterocycles. The minimum absolute atomic E-state index is 0.812. The summed E-state index contributed by atoms with van der Waals surface area (Å²) in [6.45, 7) is 2.13. The molecule has 21 heavy (non-hydrogen) atoms. The molecular weight excluding hydrogens is 256 g/mol. The Kier molecular flexibility index (Phi) is 2.51. The van der Waals surface area contributed by atoms with Crippen LogP contribution >= 0.6 is 0 Å². The Labute approximate surface area is 123 Å². The Balaban J connectivity index is 2.18. The number of hydrogen-bond acceptors (Lipinski definition) is 1. The van der Waals surface area contributed by atoms with Gasteiger partial charge in [-0.15, -0.1) is 0 Å². The number of anilines is 1. The molecule has 0 amide bonds. The molecule has 0 bridgehead atoms. The highest BCUT2D eigenvalue weighted by Crippen LogP contribution is 2.37. The van der Waals surface area contributed by atoms with Crippen LogP contribution in [0.5, 0.6) is 0 Å². The number of aromatic amines is 1. The van der Waals surface area contributed by atoms with Gasteiger partial charge in [0.15, 0.2) is 0 Å². The molecule has 0 radical (unpaired) electrons. The molecule has 0 atom stereocenters. The zero-order chi connectivity index (χ0) is 14.4. The van der Waals surface area contributed by atoms with Crippen LogP contribution in [0.2, 0.25) is 0 Å². The Morgan fingerprint density at radius 1 is 0.810 bits per heavy atom. The highest BCUT2D eigenvalue weighted by atomic mass is 14.7. The monoisotopic (exact) mass is 272 g/mol. The van der Waals surface area contributed by atoms with Crippen molar-refractivity contribution in [3.8, 4) is 11.1 Å². The summed E-state index contributed by atoms with van der Waals surface area (Å²) in [5.41, 5.74) is 12.8. The second-order valence-corrected chi connectivity index (χ2v) is 5.44. The van der Waals surface area contributed by atoms with Crippen LogP contribution in [-0.4, -0.2) is 4.98 Å². The van der Waals surface area contributed by atoms with E-state index in [9.17, 15) is 0 Å². The van der Waals surface area contributed by atoms with E-state index < -0.39 is 0 Å². The molecule has 4 rings (SSSR count). The van der Waals surface area contributed by atoms with E-state index >= 15 is 0 Å². The van der Waals surface area contributed by atoms with E-state index in [4.69, 9.17) is 5.73 Å². The van der Waals surface area contributed by atoms with Gasteiger partial charge in [-0.1, -0.05) is 48.5 Å². The highest BCUT2D eigenvalue weighted by molar-refractivity contribution is 6.13. The van der Waals surface area contributed by atoms with Crippen molar-refractivity contribution in [2.24, 2.45) is 0 Å². The van der Waals surface area contributed by atoms with Gasteiger partial charge in [0.25, 0.3) is 0 Å². The summed E-state index contributed by atoms with van der Waals surface area (Å²) in [5, 5.41) is 2.50. The van der Waals surface area contributed by atoms with E-state index in [1.807, 2.05) is 18.2 Å². The van der Waals surface area contributed by atoms with E-state index in [0.717, 1.165) is 22.3 Å². The standard InChI is InChI=1S/C19H16N2/c1-12-10-11-14-13-6-3-5-9-17(13)21-19(14)18(12)15-7-2-4-8-16(15)20/h2-11,21H,20H2,1H3. The Morgan fingerprint density at radius 3 is 2.43 bits per heavy atom. The second-order valence-electron chi connectivity index (χ2n) is 5.44. The lowest BCUT2D eigenvalue weighted by molar-refractivity contribution is 1.46. The van der Waals surface area contributed by atoms with E-state index in [1.54, 1.807) is 0 Å². The number of nitrogen functional groups attached to an aromatic ring is 1. The molecule has 0 spiro atoms. The third-order valence-corrected chi connectivity index (χ3v) is 4.12. The van der Waals surface area contributed by atoms with Crippen molar-refractivity contribution in [1.29, 1.82) is 0 Å². The highest BCUT2D eigenvalue weighted by Gasteiger charge is 2.13. The number of hydrogen-bond donors (Lipinski definition) is 2. The van der Waals surface area contributed by atoms with Crippen molar-refractivity contribution < 1.29 is 0 Å². The van der Waals surface area contributed by atoms with E-state index in [2.05, 4.69) is 54.4 Å². The first kappa shape index (κ1) is 12.0. The van der Waals surface area contributed by atoms with E-state index in [1.165, 1.54) is 21.9 Å². The number of rotatable bonds is 1. The van der Waals surface area contributed by atoms with Crippen LogP contribution in [0.3, 0.4) is 0 Å². The SMILES string of the molecule is Cc1ccc2c([nH]c3ccccc32)c1-c1ccccc1N. The molecule has 1 aromatic heterocycles. The van der Waals surface area contributed by atoms with Crippen molar-refractivity contribution in [1.82, 2.24) is 4.98 Å². The smallest absolute Gasteiger partial charge is 0.0548 e. The zero-order valence-electron chi connectivity index (χ0n) is 11.9. The molecule has 2 heteroatoms. The molecule has 4 aromatic rings. The number of nitrogens with two attached hydrogens (primary N) is 1. The fraction of sp³-hybridized carbons (Fsp3) is 0.0526. The zero-order valence-corrected chi connectivity index (χ0v) is 11.9. The average molecular weight is 272 g/mol. The molecule has 0 saturated carbocycles. The van der Waals surface area contributed by atoms with Crippen LogP contribution in [0, 0.1) is 6.92 Å². The van der Waals surface area contributed by atoms with Crippen LogP contribution in [0.4, 0.5) is 5.69 Å². The van der Waals surface area contributed by atoms with Crippen molar-refractivity contribution in [3.63, 3.8) is 0 Å². The number of aromatic nitrogens is 1. The van der Waals surface area contributed by atoms with Gasteiger partial charge in [0.1, 0.15) is 0 Å². The first-order valence-corrected chi connectivity index (χ1v) is 7.10. The molecule has 0 aliphatic carbocycles. The molecule has 0 unspecified atom stereocenters. The summed E-state index contributed by atoms with van der Waals surface area (Å²) < 4.78 is 0. The van der Waals surface area contributed by atoms with Gasteiger partial charge in [0.05, 0.1) is 5.52 Å². The van der Waals surface area contributed by atoms with Gasteiger partial charge in [-0.3, -0.25) is 0 Å². The molecule has 1 heterocycles. The number of para-hydroxylation sites is 2. The van der Waals surface area contributed by atoms with E-state index in [-0.39, 0.29) is 0 Å². The fourth-order valence-electron chi connectivity index (χ4n) is 3.09. The Morgan fingerprint density at radius 2 is 1.57 bits per heavy atom. The van der Waals surface area contributed by atoms with Crippen molar-refractivity contribution in [3.05, 3.63) is 66.2 Å². The molecule has 102 valence electrons. The van der Waals surface area contributed by atoms with Crippen molar-refractivity contribution >= 4 is 27.5 Å². The lowest BCUT2D eigenvalue weighted by Crippen LogP contribution is -1.92. The molecular formula is C19H16N2. The summed E-state index contributed by atoms with van der Waals surface area (Å²) in [6.07, 6.45) is 0. The summed E-state index contributed by atoms with van der Waals surface area (Å²) in [5.74, 6) is 0. The number of H-pyrrole nitrogens is 1. The Bertz CT molecular complexity index is 964. The largest absolute Gasteiger partial charge is 0.398 e. The third kappa shape index (κ3) is 1.73. The van der Waals surface area contributed by atoms with Gasteiger partial charge < -0.3 is 10.7 Å². The molecule has 0 aliphatic rings. The van der Waals surface area contributed by atoms with Gasteiger partial charge in [-0.2, -0.15) is 0 Å². The van der Waals surface area contributed by atoms with Gasteiger partial charge >= 0.3 is 0 Å². The second kappa shape index (κ2) is 4.38. The predicted octanol–water partition coefficient (Wildman–Crippen LogP) is 4.88. The van der Waals surface area contributed by atoms with Gasteiger partial charge in [0.2, 0.25) is 0 Å². The normalized spacial score (nSPS) is 11.3. The summed E-state index contributed by atoms with van der Waals surface area (Å²) in [7, 11) is 0. The third-order valence-electron chi connectivity index (χ3n) is 4.12.